The number of anilines is 1. The van der Waals surface area contributed by atoms with E-state index in [4.69, 9.17) is 23.2 Å². The predicted octanol–water partition coefficient (Wildman–Crippen LogP) is 7.51. The van der Waals surface area contributed by atoms with E-state index in [9.17, 15) is 18.0 Å². The van der Waals surface area contributed by atoms with Gasteiger partial charge in [0.2, 0.25) is 11.8 Å². The number of hydrogen-bond donors (Lipinski definition) is 1. The van der Waals surface area contributed by atoms with Crippen LogP contribution in [0, 0.1) is 0 Å². The largest absolute Gasteiger partial charge is 0.354 e. The van der Waals surface area contributed by atoms with E-state index in [2.05, 4.69) is 21.2 Å². The minimum absolute atomic E-state index is 0.0134. The predicted molar refractivity (Wildman–Crippen MR) is 184 cm³/mol. The molecule has 45 heavy (non-hydrogen) atoms. The number of sulfonamides is 1. The second kappa shape index (κ2) is 16.3. The highest BCUT2D eigenvalue weighted by molar-refractivity contribution is 9.10. The van der Waals surface area contributed by atoms with Crippen LogP contribution in [0.2, 0.25) is 10.0 Å². The first kappa shape index (κ1) is 34.5. The van der Waals surface area contributed by atoms with Gasteiger partial charge in [0, 0.05) is 29.0 Å². The molecular weight excluding hydrogens is 697 g/mol. The van der Waals surface area contributed by atoms with Crippen molar-refractivity contribution in [3.05, 3.63) is 129 Å². The molecule has 7 nitrogen and oxygen atoms in total. The summed E-state index contributed by atoms with van der Waals surface area (Å²) >= 11 is 16.2. The third-order valence-electron chi connectivity index (χ3n) is 7.13. The van der Waals surface area contributed by atoms with Crippen molar-refractivity contribution in [1.29, 1.82) is 0 Å². The molecule has 0 aromatic heterocycles. The van der Waals surface area contributed by atoms with Crippen LogP contribution < -0.4 is 9.62 Å². The molecule has 0 aliphatic heterocycles. The number of amides is 2. The zero-order valence-electron chi connectivity index (χ0n) is 24.7. The molecule has 0 spiro atoms. The maximum Gasteiger partial charge on any atom is 0.264 e. The second-order valence-corrected chi connectivity index (χ2v) is 14.0. The number of carbonyl (C=O) groups excluding carboxylic acids is 2. The summed E-state index contributed by atoms with van der Waals surface area (Å²) in [6, 6.07) is 28.1. The number of halogens is 3. The third kappa shape index (κ3) is 9.33. The smallest absolute Gasteiger partial charge is 0.264 e. The van der Waals surface area contributed by atoms with Crippen molar-refractivity contribution in [3.63, 3.8) is 0 Å². The fourth-order valence-corrected chi connectivity index (χ4v) is 7.27. The first-order chi connectivity index (χ1) is 21.6. The van der Waals surface area contributed by atoms with Gasteiger partial charge in [0.1, 0.15) is 12.6 Å². The molecule has 1 unspecified atom stereocenters. The van der Waals surface area contributed by atoms with Crippen molar-refractivity contribution < 1.29 is 18.0 Å². The highest BCUT2D eigenvalue weighted by Gasteiger charge is 2.35. The van der Waals surface area contributed by atoms with Gasteiger partial charge in [0.15, 0.2) is 0 Å². The van der Waals surface area contributed by atoms with Gasteiger partial charge in [0.25, 0.3) is 10.0 Å². The van der Waals surface area contributed by atoms with Crippen molar-refractivity contribution in [3.8, 4) is 0 Å². The molecule has 4 rings (SSSR count). The first-order valence-electron chi connectivity index (χ1n) is 14.5. The molecule has 0 aliphatic rings. The SMILES string of the molecule is CCCCNC(=O)C(Cc1ccccc1)N(Cc1cccc(Br)c1)C(=O)CN(c1ccc(Cl)cc1Cl)S(=O)(=O)c1ccccc1. The van der Waals surface area contributed by atoms with Gasteiger partial charge in [-0.25, -0.2) is 8.42 Å². The van der Waals surface area contributed by atoms with Crippen molar-refractivity contribution in [2.24, 2.45) is 0 Å². The van der Waals surface area contributed by atoms with Gasteiger partial charge in [-0.05, 0) is 60.0 Å². The second-order valence-electron chi connectivity index (χ2n) is 10.4. The molecule has 0 saturated carbocycles. The van der Waals surface area contributed by atoms with Crippen LogP contribution in [0.15, 0.2) is 112 Å². The Morgan fingerprint density at radius 1 is 0.867 bits per heavy atom. The lowest BCUT2D eigenvalue weighted by atomic mass is 10.0. The molecule has 0 heterocycles. The van der Waals surface area contributed by atoms with E-state index >= 15 is 0 Å². The molecule has 236 valence electrons. The van der Waals surface area contributed by atoms with Gasteiger partial charge in [0.05, 0.1) is 15.6 Å². The van der Waals surface area contributed by atoms with Crippen LogP contribution in [-0.4, -0.2) is 44.3 Å². The van der Waals surface area contributed by atoms with E-state index in [0.717, 1.165) is 32.7 Å². The minimum atomic E-state index is -4.27. The van der Waals surface area contributed by atoms with Gasteiger partial charge >= 0.3 is 0 Å². The number of carbonyl (C=O) groups is 2. The van der Waals surface area contributed by atoms with Gasteiger partial charge in [-0.2, -0.15) is 0 Å². The number of rotatable bonds is 14. The van der Waals surface area contributed by atoms with E-state index in [0.29, 0.717) is 11.6 Å². The van der Waals surface area contributed by atoms with Gasteiger partial charge in [-0.3, -0.25) is 13.9 Å². The first-order valence-corrected chi connectivity index (χ1v) is 17.5. The van der Waals surface area contributed by atoms with Crippen LogP contribution in [0.3, 0.4) is 0 Å². The summed E-state index contributed by atoms with van der Waals surface area (Å²) in [5.74, 6) is -0.898. The van der Waals surface area contributed by atoms with Crippen molar-refractivity contribution >= 4 is 66.7 Å². The van der Waals surface area contributed by atoms with E-state index < -0.39 is 28.5 Å². The molecule has 2 amide bonds. The van der Waals surface area contributed by atoms with E-state index in [-0.39, 0.29) is 34.5 Å². The highest BCUT2D eigenvalue weighted by atomic mass is 79.9. The van der Waals surface area contributed by atoms with Crippen LogP contribution >= 0.6 is 39.1 Å². The Morgan fingerprint density at radius 3 is 2.18 bits per heavy atom. The lowest BCUT2D eigenvalue weighted by Gasteiger charge is -2.34. The van der Waals surface area contributed by atoms with Crippen molar-refractivity contribution in [2.75, 3.05) is 17.4 Å². The lowest BCUT2D eigenvalue weighted by Crippen LogP contribution is -2.53. The molecule has 0 bridgehead atoms. The quantitative estimate of drug-likeness (QED) is 0.136. The average molecular weight is 732 g/mol. The molecule has 4 aromatic carbocycles. The topological polar surface area (TPSA) is 86.8 Å². The van der Waals surface area contributed by atoms with Crippen LogP contribution in [0.5, 0.6) is 0 Å². The van der Waals surface area contributed by atoms with E-state index in [1.165, 1.54) is 35.2 Å². The Kier molecular flexibility index (Phi) is 12.5. The number of nitrogens with one attached hydrogen (secondary N) is 1. The molecule has 0 aliphatic carbocycles. The summed E-state index contributed by atoms with van der Waals surface area (Å²) < 4.78 is 29.9. The molecule has 11 heteroatoms. The minimum Gasteiger partial charge on any atom is -0.354 e. The molecule has 1 atom stereocenters. The monoisotopic (exact) mass is 729 g/mol. The molecule has 0 radical (unpaired) electrons. The Labute approximate surface area is 283 Å². The zero-order chi connectivity index (χ0) is 32.4. The Hall–Kier alpha value is -3.37. The molecule has 0 fully saturated rings. The molecular formula is C34H34BrCl2N3O4S. The number of hydrogen-bond acceptors (Lipinski definition) is 4. The van der Waals surface area contributed by atoms with Crippen LogP contribution in [-0.2, 0) is 32.6 Å². The maximum absolute atomic E-state index is 14.5. The summed E-state index contributed by atoms with van der Waals surface area (Å²) in [4.78, 5) is 29.7. The fraction of sp³-hybridized carbons (Fsp3) is 0.235. The zero-order valence-corrected chi connectivity index (χ0v) is 28.6. The number of benzene rings is 4. The van der Waals surface area contributed by atoms with Gasteiger partial charge in [-0.15, -0.1) is 0 Å². The highest BCUT2D eigenvalue weighted by Crippen LogP contribution is 2.33. The van der Waals surface area contributed by atoms with Crippen LogP contribution in [0.4, 0.5) is 5.69 Å². The van der Waals surface area contributed by atoms with Crippen molar-refractivity contribution in [1.82, 2.24) is 10.2 Å². The van der Waals surface area contributed by atoms with Crippen molar-refractivity contribution in [2.45, 2.75) is 43.7 Å². The van der Waals surface area contributed by atoms with E-state index in [1.54, 1.807) is 18.2 Å². The third-order valence-corrected chi connectivity index (χ3v) is 9.94. The Bertz CT molecular complexity index is 1710. The molecule has 0 saturated heterocycles. The lowest BCUT2D eigenvalue weighted by molar-refractivity contribution is -0.140. The average Bonchev–Trinajstić information content (AvgIpc) is 3.03. The summed E-state index contributed by atoms with van der Waals surface area (Å²) in [6.45, 7) is 1.93. The maximum atomic E-state index is 14.5. The summed E-state index contributed by atoms with van der Waals surface area (Å²) in [6.07, 6.45) is 1.89. The molecule has 1 N–H and O–H groups in total. The number of unbranched alkanes of at least 4 members (excludes halogenated alkanes) is 1. The summed E-state index contributed by atoms with van der Waals surface area (Å²) in [5.41, 5.74) is 1.71. The summed E-state index contributed by atoms with van der Waals surface area (Å²) in [7, 11) is -4.27. The van der Waals surface area contributed by atoms with Crippen LogP contribution in [0.25, 0.3) is 0 Å². The standard InChI is InChI=1S/C34H34BrCl2N3O4S/c1-2-3-19-38-34(42)32(21-25-11-6-4-7-12-25)39(23-26-13-10-14-27(35)20-26)33(41)24-40(31-18-17-28(36)22-30(31)37)45(43,44)29-15-8-5-9-16-29/h4-18,20,22,32H,2-3,19,21,23-24H2,1H3,(H,38,42). The Morgan fingerprint density at radius 2 is 1.53 bits per heavy atom. The normalized spacial score (nSPS) is 11.9. The van der Waals surface area contributed by atoms with Gasteiger partial charge in [-0.1, -0.05) is 113 Å². The van der Waals surface area contributed by atoms with Crippen LogP contribution in [0.1, 0.15) is 30.9 Å². The Balaban J connectivity index is 1.81. The van der Waals surface area contributed by atoms with Gasteiger partial charge < -0.3 is 10.2 Å². The number of nitrogens with zero attached hydrogens (tertiary/aromatic N) is 2. The summed E-state index contributed by atoms with van der Waals surface area (Å²) in [5, 5.41) is 3.36. The molecule has 4 aromatic rings. The van der Waals surface area contributed by atoms with E-state index in [1.807, 2.05) is 61.5 Å². The fourth-order valence-electron chi connectivity index (χ4n) is 4.81.